The van der Waals surface area contributed by atoms with E-state index in [1.807, 2.05) is 32.9 Å². The molecule has 4 rings (SSSR count). The first-order chi connectivity index (χ1) is 15.2. The number of fused-ring (bicyclic) bond motifs is 2. The Morgan fingerprint density at radius 3 is 2.62 bits per heavy atom. The number of piperidine rings is 1. The molecule has 1 spiro atoms. The lowest BCUT2D eigenvalue weighted by molar-refractivity contribution is -0.155. The number of hydrogen-bond donors (Lipinski definition) is 0. The molecule has 2 aliphatic rings. The maximum atomic E-state index is 13.8. The summed E-state index contributed by atoms with van der Waals surface area (Å²) in [5.41, 5.74) is 2.46. The Bertz CT molecular complexity index is 1000. The smallest absolute Gasteiger partial charge is 0.307 e. The molecule has 0 saturated carbocycles. The van der Waals surface area contributed by atoms with Crippen LogP contribution in [0.2, 0.25) is 0 Å². The van der Waals surface area contributed by atoms with Gasteiger partial charge in [-0.1, -0.05) is 42.5 Å². The van der Waals surface area contributed by atoms with Crippen molar-refractivity contribution in [3.05, 3.63) is 65.0 Å². The molecule has 2 aromatic carbocycles. The van der Waals surface area contributed by atoms with E-state index >= 15 is 0 Å². The van der Waals surface area contributed by atoms with Gasteiger partial charge in [0.2, 0.25) is 0 Å². The number of nitrogens with zero attached hydrogens (tertiary/aromatic N) is 1. The van der Waals surface area contributed by atoms with E-state index in [-0.39, 0.29) is 17.2 Å². The van der Waals surface area contributed by atoms with Crippen LogP contribution in [0.1, 0.15) is 56.7 Å². The van der Waals surface area contributed by atoms with Crippen molar-refractivity contribution in [1.29, 1.82) is 0 Å². The molecule has 0 aromatic heterocycles. The van der Waals surface area contributed by atoms with Crippen LogP contribution in [0, 0.1) is 5.82 Å². The number of carbonyl (C=O) groups is 1. The number of rotatable bonds is 5. The lowest BCUT2D eigenvalue weighted by Crippen LogP contribution is -2.44. The van der Waals surface area contributed by atoms with Gasteiger partial charge in [0.1, 0.15) is 17.2 Å². The van der Waals surface area contributed by atoms with Crippen molar-refractivity contribution in [3.63, 3.8) is 0 Å². The molecule has 0 unspecified atom stereocenters. The lowest BCUT2D eigenvalue weighted by atomic mass is 9.74. The van der Waals surface area contributed by atoms with E-state index in [0.29, 0.717) is 18.6 Å². The molecule has 0 N–H and O–H groups in total. The maximum Gasteiger partial charge on any atom is 0.307 e. The quantitative estimate of drug-likeness (QED) is 0.460. The first-order valence-electron chi connectivity index (χ1n) is 11.4. The van der Waals surface area contributed by atoms with Crippen molar-refractivity contribution in [2.45, 2.75) is 51.0 Å². The Hall–Kier alpha value is -2.66. The van der Waals surface area contributed by atoms with Gasteiger partial charge in [0.15, 0.2) is 0 Å². The van der Waals surface area contributed by atoms with Crippen molar-refractivity contribution >= 4 is 18.1 Å². The molecular weight excluding hydrogens is 405 g/mol. The van der Waals surface area contributed by atoms with Gasteiger partial charge < -0.3 is 14.4 Å². The summed E-state index contributed by atoms with van der Waals surface area (Å²) in [6.45, 7) is 9.01. The van der Waals surface area contributed by atoms with E-state index in [9.17, 15) is 9.18 Å². The third-order valence-electron chi connectivity index (χ3n) is 6.31. The summed E-state index contributed by atoms with van der Waals surface area (Å²) in [6, 6.07) is 13.1. The highest BCUT2D eigenvalue weighted by molar-refractivity contribution is 5.71. The molecule has 1 saturated heterocycles. The van der Waals surface area contributed by atoms with Gasteiger partial charge in [-0.3, -0.25) is 4.79 Å². The van der Waals surface area contributed by atoms with Crippen LogP contribution < -0.4 is 4.74 Å². The first-order valence-corrected chi connectivity index (χ1v) is 11.4. The predicted octanol–water partition coefficient (Wildman–Crippen LogP) is 5.45. The predicted molar refractivity (Wildman–Crippen MR) is 125 cm³/mol. The summed E-state index contributed by atoms with van der Waals surface area (Å²) in [4.78, 5) is 14.4. The molecule has 32 heavy (non-hydrogen) atoms. The fourth-order valence-electron chi connectivity index (χ4n) is 4.55. The molecule has 0 aliphatic carbocycles. The van der Waals surface area contributed by atoms with Gasteiger partial charge in [-0.05, 0) is 64.4 Å². The van der Waals surface area contributed by atoms with E-state index < -0.39 is 5.60 Å². The molecule has 5 heteroatoms. The lowest BCUT2D eigenvalue weighted by Gasteiger charge is -2.38. The Morgan fingerprint density at radius 1 is 1.16 bits per heavy atom. The second-order valence-electron chi connectivity index (χ2n) is 9.86. The zero-order valence-electron chi connectivity index (χ0n) is 19.2. The van der Waals surface area contributed by atoms with E-state index in [1.54, 1.807) is 18.2 Å². The monoisotopic (exact) mass is 437 g/mol. The van der Waals surface area contributed by atoms with Gasteiger partial charge in [-0.2, -0.15) is 0 Å². The zero-order valence-corrected chi connectivity index (χ0v) is 19.2. The van der Waals surface area contributed by atoms with Gasteiger partial charge >= 0.3 is 5.97 Å². The number of ether oxygens (including phenoxy) is 2. The van der Waals surface area contributed by atoms with E-state index in [1.165, 1.54) is 11.6 Å². The topological polar surface area (TPSA) is 38.8 Å². The minimum Gasteiger partial charge on any atom is -0.492 e. The summed E-state index contributed by atoms with van der Waals surface area (Å²) in [5, 5.41) is 0. The van der Waals surface area contributed by atoms with Crippen LogP contribution in [0.25, 0.3) is 12.2 Å². The Morgan fingerprint density at radius 2 is 1.91 bits per heavy atom. The molecule has 0 amide bonds. The highest BCUT2D eigenvalue weighted by Crippen LogP contribution is 2.46. The summed E-state index contributed by atoms with van der Waals surface area (Å²) >= 11 is 0. The second kappa shape index (κ2) is 9.07. The van der Waals surface area contributed by atoms with E-state index in [2.05, 4.69) is 23.1 Å². The number of esters is 1. The second-order valence-corrected chi connectivity index (χ2v) is 9.86. The van der Waals surface area contributed by atoms with Crippen LogP contribution in [0.15, 0.2) is 42.5 Å². The van der Waals surface area contributed by atoms with Gasteiger partial charge in [0.25, 0.3) is 0 Å². The molecule has 2 aromatic rings. The summed E-state index contributed by atoms with van der Waals surface area (Å²) in [6.07, 6.45) is 6.17. The number of likely N-dealkylation sites (tertiary alicyclic amines) is 1. The molecule has 0 radical (unpaired) electrons. The molecule has 170 valence electrons. The van der Waals surface area contributed by atoms with Gasteiger partial charge in [-0.15, -0.1) is 0 Å². The number of hydrogen-bond acceptors (Lipinski definition) is 4. The highest BCUT2D eigenvalue weighted by atomic mass is 19.1. The molecule has 2 aliphatic heterocycles. The fourth-order valence-corrected chi connectivity index (χ4v) is 4.55. The Kier molecular flexibility index (Phi) is 6.38. The first kappa shape index (κ1) is 22.5. The van der Waals surface area contributed by atoms with Crippen LogP contribution in [0.4, 0.5) is 4.39 Å². The van der Waals surface area contributed by atoms with Crippen molar-refractivity contribution in [2.75, 3.05) is 26.2 Å². The summed E-state index contributed by atoms with van der Waals surface area (Å²) in [7, 11) is 0. The number of halogens is 1. The average molecular weight is 438 g/mol. The number of carbonyl (C=O) groups excluding carboxylic acids is 1. The van der Waals surface area contributed by atoms with Crippen molar-refractivity contribution in [2.24, 2.45) is 0 Å². The third kappa shape index (κ3) is 5.21. The van der Waals surface area contributed by atoms with Crippen LogP contribution >= 0.6 is 0 Å². The largest absolute Gasteiger partial charge is 0.492 e. The maximum absolute atomic E-state index is 13.8. The highest BCUT2D eigenvalue weighted by Gasteiger charge is 2.43. The zero-order chi connectivity index (χ0) is 22.8. The summed E-state index contributed by atoms with van der Waals surface area (Å²) < 4.78 is 25.4. The SMILES string of the molecule is CC(C)(C)OC(=O)CCN1CCC2(CC1)COc1cc(C=Cc3ccccc3F)ccc12. The Labute approximate surface area is 190 Å². The van der Waals surface area contributed by atoms with Crippen LogP contribution in [-0.2, 0) is 14.9 Å². The molecule has 4 nitrogen and oxygen atoms in total. The minimum atomic E-state index is -0.433. The molecule has 2 heterocycles. The van der Waals surface area contributed by atoms with Crippen molar-refractivity contribution in [3.8, 4) is 5.75 Å². The molecule has 1 fully saturated rings. The van der Waals surface area contributed by atoms with Crippen molar-refractivity contribution < 1.29 is 18.7 Å². The third-order valence-corrected chi connectivity index (χ3v) is 6.31. The standard InChI is InChI=1S/C27H32FNO3/c1-26(2,3)32-25(30)12-15-29-16-13-27(14-17-29)19-31-24-18-20(9-11-22(24)27)8-10-21-6-4-5-7-23(21)28/h4-11,18H,12-17,19H2,1-3H3. The van der Waals surface area contributed by atoms with Crippen LogP contribution in [0.5, 0.6) is 5.75 Å². The normalized spacial score (nSPS) is 18.0. The van der Waals surface area contributed by atoms with Crippen LogP contribution in [0.3, 0.4) is 0 Å². The average Bonchev–Trinajstić information content (AvgIpc) is 3.09. The molecule has 0 atom stereocenters. The van der Waals surface area contributed by atoms with Gasteiger partial charge in [0, 0.05) is 23.1 Å². The minimum absolute atomic E-state index is 0.0472. The van der Waals surface area contributed by atoms with Crippen molar-refractivity contribution in [1.82, 2.24) is 4.90 Å². The fraction of sp³-hybridized carbons (Fsp3) is 0.444. The van der Waals surface area contributed by atoms with Gasteiger partial charge in [0.05, 0.1) is 13.0 Å². The summed E-state index contributed by atoms with van der Waals surface area (Å²) in [5.74, 6) is 0.574. The molecular formula is C27H32FNO3. The van der Waals surface area contributed by atoms with Crippen LogP contribution in [-0.4, -0.2) is 42.7 Å². The Balaban J connectivity index is 1.36. The van der Waals surface area contributed by atoms with Gasteiger partial charge in [-0.25, -0.2) is 4.39 Å². The van der Waals surface area contributed by atoms with E-state index in [0.717, 1.165) is 43.8 Å². The number of benzene rings is 2. The molecule has 0 bridgehead atoms. The van der Waals surface area contributed by atoms with E-state index in [4.69, 9.17) is 9.47 Å².